The van der Waals surface area contributed by atoms with E-state index in [-0.39, 0.29) is 23.9 Å². The summed E-state index contributed by atoms with van der Waals surface area (Å²) in [4.78, 5) is 15.2. The second-order valence-electron chi connectivity index (χ2n) is 7.51. The summed E-state index contributed by atoms with van der Waals surface area (Å²) in [5.41, 5.74) is 3.68. The number of carbonyl (C=O) groups is 1. The quantitative estimate of drug-likeness (QED) is 0.571. The summed E-state index contributed by atoms with van der Waals surface area (Å²) in [6.45, 7) is 8.37. The van der Waals surface area contributed by atoms with E-state index in [1.807, 2.05) is 4.90 Å². The fourth-order valence-corrected chi connectivity index (χ4v) is 4.70. The highest BCUT2D eigenvalue weighted by Crippen LogP contribution is 2.36. The number of amides is 1. The molecule has 2 heterocycles. The smallest absolute Gasteiger partial charge is 0.223 e. The molecule has 0 saturated heterocycles. The Balaban J connectivity index is 2.03. The number of rotatable bonds is 6. The van der Waals surface area contributed by atoms with Gasteiger partial charge in [0.1, 0.15) is 0 Å². The fourth-order valence-electron chi connectivity index (χ4n) is 3.98. The van der Waals surface area contributed by atoms with Crippen molar-refractivity contribution in [1.82, 2.24) is 9.47 Å². The summed E-state index contributed by atoms with van der Waals surface area (Å²) in [7, 11) is 2.08. The molecule has 0 aliphatic carbocycles. The van der Waals surface area contributed by atoms with Crippen LogP contribution in [0.3, 0.4) is 0 Å². The van der Waals surface area contributed by atoms with Gasteiger partial charge in [0.25, 0.3) is 0 Å². The summed E-state index contributed by atoms with van der Waals surface area (Å²) in [5.74, 6) is 0.305. The number of thiophene rings is 1. The number of fused-ring (bicyclic) bond motifs is 1. The van der Waals surface area contributed by atoms with Crippen molar-refractivity contribution >= 4 is 28.1 Å². The van der Waals surface area contributed by atoms with E-state index >= 15 is 0 Å². The standard InChI is InChI=1S/C22H28N2OS/c1-15(2)24(16(3)4)22(25)12-19(17-10-11-26-14-17)20-13-23(5)21-9-7-6-8-18(20)21/h6-11,13-16,19H,12H2,1-5H3. The molecule has 0 saturated carbocycles. The maximum absolute atomic E-state index is 13.2. The van der Waals surface area contributed by atoms with Crippen LogP contribution in [0, 0.1) is 0 Å². The van der Waals surface area contributed by atoms with Crippen LogP contribution in [0.2, 0.25) is 0 Å². The van der Waals surface area contributed by atoms with Gasteiger partial charge in [0.15, 0.2) is 0 Å². The molecular formula is C22H28N2OS. The molecule has 0 bridgehead atoms. The van der Waals surface area contributed by atoms with Crippen molar-refractivity contribution in [1.29, 1.82) is 0 Å². The molecule has 1 aromatic carbocycles. The number of carbonyl (C=O) groups excluding carboxylic acids is 1. The molecule has 0 fully saturated rings. The fraction of sp³-hybridized carbons (Fsp3) is 0.409. The predicted octanol–water partition coefficient (Wildman–Crippen LogP) is 5.41. The number of hydrogen-bond donors (Lipinski definition) is 0. The lowest BCUT2D eigenvalue weighted by atomic mass is 9.89. The molecule has 3 nitrogen and oxygen atoms in total. The van der Waals surface area contributed by atoms with Crippen molar-refractivity contribution in [2.45, 2.75) is 52.1 Å². The predicted molar refractivity (Wildman–Crippen MR) is 111 cm³/mol. The zero-order chi connectivity index (χ0) is 18.8. The average Bonchev–Trinajstić information content (AvgIpc) is 3.21. The Bertz CT molecular complexity index is 869. The molecule has 2 aromatic heterocycles. The summed E-state index contributed by atoms with van der Waals surface area (Å²) in [6, 6.07) is 11.0. The summed E-state index contributed by atoms with van der Waals surface area (Å²) >= 11 is 1.69. The molecule has 1 amide bonds. The van der Waals surface area contributed by atoms with Gasteiger partial charge in [0, 0.05) is 48.6 Å². The molecule has 0 radical (unpaired) electrons. The number of benzene rings is 1. The molecule has 0 spiro atoms. The molecule has 1 unspecified atom stereocenters. The molecule has 4 heteroatoms. The Kier molecular flexibility index (Phi) is 5.52. The second kappa shape index (κ2) is 7.67. The van der Waals surface area contributed by atoms with Crippen LogP contribution in [-0.4, -0.2) is 27.5 Å². The zero-order valence-electron chi connectivity index (χ0n) is 16.3. The summed E-state index contributed by atoms with van der Waals surface area (Å²) in [5, 5.41) is 5.51. The van der Waals surface area contributed by atoms with E-state index in [1.165, 1.54) is 22.0 Å². The number of para-hydroxylation sites is 1. The monoisotopic (exact) mass is 368 g/mol. The molecule has 138 valence electrons. The van der Waals surface area contributed by atoms with Gasteiger partial charge in [-0.15, -0.1) is 0 Å². The van der Waals surface area contributed by atoms with Crippen LogP contribution in [0.4, 0.5) is 0 Å². The minimum absolute atomic E-state index is 0.0832. The first-order valence-electron chi connectivity index (χ1n) is 9.27. The third-order valence-corrected chi connectivity index (χ3v) is 5.73. The van der Waals surface area contributed by atoms with Crippen LogP contribution in [0.1, 0.15) is 51.2 Å². The third-order valence-electron chi connectivity index (χ3n) is 5.03. The van der Waals surface area contributed by atoms with E-state index in [2.05, 4.69) is 86.6 Å². The van der Waals surface area contributed by atoms with Crippen molar-refractivity contribution in [2.75, 3.05) is 0 Å². The Morgan fingerprint density at radius 2 is 1.81 bits per heavy atom. The molecule has 0 N–H and O–H groups in total. The second-order valence-corrected chi connectivity index (χ2v) is 8.29. The highest BCUT2D eigenvalue weighted by atomic mass is 32.1. The lowest BCUT2D eigenvalue weighted by Gasteiger charge is -2.32. The molecule has 0 aliphatic heterocycles. The SMILES string of the molecule is CC(C)N(C(=O)CC(c1ccsc1)c1cn(C)c2ccccc12)C(C)C. The lowest BCUT2D eigenvalue weighted by molar-refractivity contribution is -0.135. The minimum Gasteiger partial charge on any atom is -0.350 e. The number of hydrogen-bond acceptors (Lipinski definition) is 2. The summed E-state index contributed by atoms with van der Waals surface area (Å²) in [6.07, 6.45) is 2.69. The van der Waals surface area contributed by atoms with Gasteiger partial charge < -0.3 is 9.47 Å². The van der Waals surface area contributed by atoms with Crippen LogP contribution < -0.4 is 0 Å². The largest absolute Gasteiger partial charge is 0.350 e. The Morgan fingerprint density at radius 1 is 1.12 bits per heavy atom. The Labute approximate surface area is 160 Å². The highest BCUT2D eigenvalue weighted by molar-refractivity contribution is 7.08. The highest BCUT2D eigenvalue weighted by Gasteiger charge is 2.27. The van der Waals surface area contributed by atoms with Crippen molar-refractivity contribution < 1.29 is 4.79 Å². The number of aromatic nitrogens is 1. The molecule has 3 rings (SSSR count). The molecule has 0 aliphatic rings. The minimum atomic E-state index is 0.0832. The van der Waals surface area contributed by atoms with Gasteiger partial charge in [0.2, 0.25) is 5.91 Å². The maximum atomic E-state index is 13.2. The van der Waals surface area contributed by atoms with Crippen molar-refractivity contribution in [3.63, 3.8) is 0 Å². The van der Waals surface area contributed by atoms with Crippen LogP contribution in [0.5, 0.6) is 0 Å². The van der Waals surface area contributed by atoms with Crippen molar-refractivity contribution in [3.8, 4) is 0 Å². The number of aryl methyl sites for hydroxylation is 1. The van der Waals surface area contributed by atoms with Crippen molar-refractivity contribution in [2.24, 2.45) is 7.05 Å². The zero-order valence-corrected chi connectivity index (χ0v) is 17.1. The third kappa shape index (κ3) is 3.56. The van der Waals surface area contributed by atoms with Gasteiger partial charge in [-0.2, -0.15) is 11.3 Å². The molecule has 26 heavy (non-hydrogen) atoms. The lowest BCUT2D eigenvalue weighted by Crippen LogP contribution is -2.42. The van der Waals surface area contributed by atoms with E-state index in [9.17, 15) is 4.79 Å². The van der Waals surface area contributed by atoms with Crippen LogP contribution >= 0.6 is 11.3 Å². The van der Waals surface area contributed by atoms with E-state index < -0.39 is 0 Å². The van der Waals surface area contributed by atoms with E-state index in [4.69, 9.17) is 0 Å². The van der Waals surface area contributed by atoms with Gasteiger partial charge in [-0.25, -0.2) is 0 Å². The topological polar surface area (TPSA) is 25.2 Å². The van der Waals surface area contributed by atoms with Gasteiger partial charge >= 0.3 is 0 Å². The van der Waals surface area contributed by atoms with Crippen LogP contribution in [0.25, 0.3) is 10.9 Å². The van der Waals surface area contributed by atoms with E-state index in [0.717, 1.165) is 0 Å². The van der Waals surface area contributed by atoms with Gasteiger partial charge in [-0.05, 0) is 61.7 Å². The normalized spacial score (nSPS) is 12.9. The van der Waals surface area contributed by atoms with Crippen molar-refractivity contribution in [3.05, 3.63) is 58.4 Å². The van der Waals surface area contributed by atoms with Gasteiger partial charge in [-0.3, -0.25) is 4.79 Å². The van der Waals surface area contributed by atoms with E-state index in [1.54, 1.807) is 11.3 Å². The van der Waals surface area contributed by atoms with E-state index in [0.29, 0.717) is 6.42 Å². The van der Waals surface area contributed by atoms with Crippen LogP contribution in [0.15, 0.2) is 47.3 Å². The molecular weight excluding hydrogens is 340 g/mol. The average molecular weight is 369 g/mol. The first-order valence-corrected chi connectivity index (χ1v) is 10.2. The number of nitrogens with zero attached hydrogens (tertiary/aromatic N) is 2. The van der Waals surface area contributed by atoms with Gasteiger partial charge in [-0.1, -0.05) is 18.2 Å². The Morgan fingerprint density at radius 3 is 2.42 bits per heavy atom. The maximum Gasteiger partial charge on any atom is 0.223 e. The Hall–Kier alpha value is -2.07. The van der Waals surface area contributed by atoms with Crippen LogP contribution in [-0.2, 0) is 11.8 Å². The first-order chi connectivity index (χ1) is 12.4. The van der Waals surface area contributed by atoms with Gasteiger partial charge in [0.05, 0.1) is 0 Å². The first kappa shape index (κ1) is 18.7. The molecule has 3 aromatic rings. The molecule has 1 atom stereocenters. The summed E-state index contributed by atoms with van der Waals surface area (Å²) < 4.78 is 2.16.